The Hall–Kier alpha value is -0.680. The molecule has 0 aliphatic carbocycles. The van der Waals surface area contributed by atoms with Gasteiger partial charge < -0.3 is 9.47 Å². The molecular formula is C13H12Cl4O4. The number of hydrogen-bond acceptors (Lipinski definition) is 4. The van der Waals surface area contributed by atoms with Gasteiger partial charge in [-0.1, -0.05) is 46.4 Å². The van der Waals surface area contributed by atoms with Gasteiger partial charge in [-0.15, -0.1) is 0 Å². The molecule has 0 bridgehead atoms. The van der Waals surface area contributed by atoms with E-state index in [1.165, 1.54) is 6.07 Å². The predicted octanol–water partition coefficient (Wildman–Crippen LogP) is 4.94. The molecular weight excluding hydrogens is 362 g/mol. The first kappa shape index (κ1) is 18.4. The minimum atomic E-state index is -0.596. The van der Waals surface area contributed by atoms with Gasteiger partial charge in [0, 0.05) is 12.8 Å². The summed E-state index contributed by atoms with van der Waals surface area (Å²) in [7, 11) is 0. The molecule has 0 aliphatic heterocycles. The maximum Gasteiger partial charge on any atom is 0.311 e. The first-order valence-electron chi connectivity index (χ1n) is 6.06. The van der Waals surface area contributed by atoms with E-state index < -0.39 is 5.97 Å². The van der Waals surface area contributed by atoms with E-state index in [-0.39, 0.29) is 44.7 Å². The van der Waals surface area contributed by atoms with Gasteiger partial charge in [-0.05, 0) is 19.4 Å². The van der Waals surface area contributed by atoms with Crippen LogP contribution in [0.25, 0.3) is 0 Å². The summed E-state index contributed by atoms with van der Waals surface area (Å²) in [5, 5.41) is 0.260. The molecule has 116 valence electrons. The molecule has 0 spiro atoms. The molecule has 4 nitrogen and oxygen atoms in total. The zero-order valence-corrected chi connectivity index (χ0v) is 14.1. The van der Waals surface area contributed by atoms with Crippen molar-refractivity contribution in [2.45, 2.75) is 26.2 Å². The molecule has 0 amide bonds. The molecule has 1 rings (SSSR count). The highest BCUT2D eigenvalue weighted by molar-refractivity contribution is 6.48. The Balaban J connectivity index is 2.62. The fraction of sp³-hybridized carbons (Fsp3) is 0.385. The summed E-state index contributed by atoms with van der Waals surface area (Å²) in [6.45, 7) is 2.01. The van der Waals surface area contributed by atoms with Crippen molar-refractivity contribution in [1.82, 2.24) is 0 Å². The van der Waals surface area contributed by atoms with Crippen LogP contribution in [-0.2, 0) is 14.3 Å². The zero-order chi connectivity index (χ0) is 16.0. The molecule has 0 atom stereocenters. The molecule has 1 aromatic rings. The first-order valence-corrected chi connectivity index (χ1v) is 7.57. The van der Waals surface area contributed by atoms with E-state index in [0.29, 0.717) is 13.0 Å². The van der Waals surface area contributed by atoms with Gasteiger partial charge >= 0.3 is 11.9 Å². The van der Waals surface area contributed by atoms with Crippen molar-refractivity contribution in [3.63, 3.8) is 0 Å². The standard InChI is InChI=1S/C13H12Cl4O4/c1-2-20-9(18)4-3-5-10(19)21-13-11(16)7(14)6-8(15)12(13)17/h6H,2-5H2,1H3. The largest absolute Gasteiger partial charge is 0.466 e. The summed E-state index contributed by atoms with van der Waals surface area (Å²) >= 11 is 23.5. The first-order chi connectivity index (χ1) is 9.86. The Kier molecular flexibility index (Phi) is 7.60. The summed E-state index contributed by atoms with van der Waals surface area (Å²) in [6, 6.07) is 1.35. The lowest BCUT2D eigenvalue weighted by atomic mass is 10.2. The van der Waals surface area contributed by atoms with E-state index in [0.717, 1.165) is 0 Å². The highest BCUT2D eigenvalue weighted by Crippen LogP contribution is 2.42. The molecule has 0 saturated heterocycles. The van der Waals surface area contributed by atoms with Crippen LogP contribution in [0.4, 0.5) is 0 Å². The Labute approximate surface area is 142 Å². The molecule has 0 aromatic heterocycles. The number of benzene rings is 1. The fourth-order valence-corrected chi connectivity index (χ4v) is 2.29. The van der Waals surface area contributed by atoms with Gasteiger partial charge in [-0.3, -0.25) is 9.59 Å². The van der Waals surface area contributed by atoms with Gasteiger partial charge in [0.1, 0.15) is 10.0 Å². The third-order valence-electron chi connectivity index (χ3n) is 2.35. The minimum Gasteiger partial charge on any atom is -0.466 e. The predicted molar refractivity (Wildman–Crippen MR) is 82.6 cm³/mol. The van der Waals surface area contributed by atoms with Crippen molar-refractivity contribution < 1.29 is 19.1 Å². The van der Waals surface area contributed by atoms with Gasteiger partial charge in [0.05, 0.1) is 16.7 Å². The fourth-order valence-electron chi connectivity index (χ4n) is 1.42. The van der Waals surface area contributed by atoms with E-state index in [1.807, 2.05) is 0 Å². The number of halogens is 4. The van der Waals surface area contributed by atoms with E-state index in [2.05, 4.69) is 0 Å². The van der Waals surface area contributed by atoms with E-state index >= 15 is 0 Å². The van der Waals surface area contributed by atoms with E-state index in [9.17, 15) is 9.59 Å². The highest BCUT2D eigenvalue weighted by Gasteiger charge is 2.18. The molecule has 0 saturated carbocycles. The molecule has 1 aromatic carbocycles. The Morgan fingerprint density at radius 1 is 1.00 bits per heavy atom. The Bertz CT molecular complexity index is 519. The topological polar surface area (TPSA) is 52.6 Å². The van der Waals surface area contributed by atoms with Crippen LogP contribution in [0.15, 0.2) is 6.07 Å². The van der Waals surface area contributed by atoms with Crippen LogP contribution in [0.3, 0.4) is 0 Å². The van der Waals surface area contributed by atoms with Gasteiger partial charge in [0.15, 0.2) is 5.75 Å². The van der Waals surface area contributed by atoms with E-state index in [4.69, 9.17) is 55.9 Å². The number of rotatable bonds is 6. The van der Waals surface area contributed by atoms with Crippen molar-refractivity contribution in [2.24, 2.45) is 0 Å². The number of hydrogen-bond donors (Lipinski definition) is 0. The number of carbonyl (C=O) groups is 2. The zero-order valence-electron chi connectivity index (χ0n) is 11.1. The van der Waals surface area contributed by atoms with E-state index in [1.54, 1.807) is 6.92 Å². The molecule has 0 radical (unpaired) electrons. The summed E-state index contributed by atoms with van der Waals surface area (Å²) in [5.41, 5.74) is 0. The molecule has 21 heavy (non-hydrogen) atoms. The normalized spacial score (nSPS) is 10.3. The van der Waals surface area contributed by atoms with Gasteiger partial charge in [0.25, 0.3) is 0 Å². The summed E-state index contributed by atoms with van der Waals surface area (Å²) in [4.78, 5) is 22.8. The second-order valence-corrected chi connectivity index (χ2v) is 5.50. The smallest absolute Gasteiger partial charge is 0.311 e. The average molecular weight is 374 g/mol. The Morgan fingerprint density at radius 3 is 2.05 bits per heavy atom. The van der Waals surface area contributed by atoms with Gasteiger partial charge in [-0.25, -0.2) is 0 Å². The van der Waals surface area contributed by atoms with Crippen LogP contribution >= 0.6 is 46.4 Å². The number of carbonyl (C=O) groups excluding carboxylic acids is 2. The third kappa shape index (κ3) is 5.55. The van der Waals surface area contributed by atoms with Crippen molar-refractivity contribution >= 4 is 58.3 Å². The van der Waals surface area contributed by atoms with Crippen LogP contribution < -0.4 is 4.74 Å². The quantitative estimate of drug-likeness (QED) is 0.402. The summed E-state index contributed by atoms with van der Waals surface area (Å²) in [5.74, 6) is -1.05. The molecule has 8 heteroatoms. The monoisotopic (exact) mass is 372 g/mol. The minimum absolute atomic E-state index is 0.00445. The lowest BCUT2D eigenvalue weighted by Crippen LogP contribution is -2.10. The molecule has 0 fully saturated rings. The van der Waals surface area contributed by atoms with Crippen LogP contribution in [0, 0.1) is 0 Å². The van der Waals surface area contributed by atoms with Crippen LogP contribution in [0.5, 0.6) is 5.75 Å². The maximum absolute atomic E-state index is 11.7. The lowest BCUT2D eigenvalue weighted by Gasteiger charge is -2.10. The van der Waals surface area contributed by atoms with Crippen molar-refractivity contribution in [3.8, 4) is 5.75 Å². The van der Waals surface area contributed by atoms with Crippen molar-refractivity contribution in [1.29, 1.82) is 0 Å². The van der Waals surface area contributed by atoms with Crippen molar-refractivity contribution in [3.05, 3.63) is 26.2 Å². The van der Waals surface area contributed by atoms with Crippen LogP contribution in [0.1, 0.15) is 26.2 Å². The molecule has 0 heterocycles. The second-order valence-electron chi connectivity index (χ2n) is 3.93. The summed E-state index contributed by atoms with van der Waals surface area (Å²) < 4.78 is 9.80. The highest BCUT2D eigenvalue weighted by atomic mass is 35.5. The van der Waals surface area contributed by atoms with Crippen LogP contribution in [-0.4, -0.2) is 18.5 Å². The lowest BCUT2D eigenvalue weighted by molar-refractivity contribution is -0.143. The molecule has 0 aliphatic rings. The molecule has 0 unspecified atom stereocenters. The van der Waals surface area contributed by atoms with Gasteiger partial charge in [0.2, 0.25) is 0 Å². The summed E-state index contributed by atoms with van der Waals surface area (Å²) in [6.07, 6.45) is 0.428. The average Bonchev–Trinajstić information content (AvgIpc) is 2.42. The van der Waals surface area contributed by atoms with Gasteiger partial charge in [-0.2, -0.15) is 0 Å². The SMILES string of the molecule is CCOC(=O)CCCC(=O)Oc1c(Cl)c(Cl)cc(Cl)c1Cl. The van der Waals surface area contributed by atoms with Crippen molar-refractivity contribution in [2.75, 3.05) is 6.61 Å². The third-order valence-corrected chi connectivity index (χ3v) is 3.89. The number of ether oxygens (including phenoxy) is 2. The second kappa shape index (κ2) is 8.69. The Morgan fingerprint density at radius 2 is 1.52 bits per heavy atom. The van der Waals surface area contributed by atoms with Crippen LogP contribution in [0.2, 0.25) is 20.1 Å². The number of esters is 2. The molecule has 0 N–H and O–H groups in total. The maximum atomic E-state index is 11.7.